The van der Waals surface area contributed by atoms with E-state index in [2.05, 4.69) is 37.1 Å². The summed E-state index contributed by atoms with van der Waals surface area (Å²) in [5.74, 6) is 1.09. The number of amides is 1. The highest BCUT2D eigenvalue weighted by molar-refractivity contribution is 5.90. The molecule has 0 radical (unpaired) electrons. The Labute approximate surface area is 172 Å². The monoisotopic (exact) mass is 388 g/mol. The maximum absolute atomic E-state index is 13.2. The molecule has 0 spiro atoms. The Morgan fingerprint density at radius 2 is 1.79 bits per heavy atom. The third-order valence-electron chi connectivity index (χ3n) is 5.75. The third-order valence-corrected chi connectivity index (χ3v) is 5.75. The number of aryl methyl sites for hydroxylation is 3. The van der Waals surface area contributed by atoms with Crippen LogP contribution in [0.15, 0.2) is 54.6 Å². The number of rotatable bonds is 5. The van der Waals surface area contributed by atoms with E-state index in [4.69, 9.17) is 4.98 Å². The highest BCUT2D eigenvalue weighted by Crippen LogP contribution is 2.21. The van der Waals surface area contributed by atoms with Crippen LogP contribution in [0.2, 0.25) is 0 Å². The topological polar surface area (TPSA) is 51.0 Å². The van der Waals surface area contributed by atoms with E-state index < -0.39 is 0 Å². The molecule has 0 N–H and O–H groups in total. The van der Waals surface area contributed by atoms with Crippen molar-refractivity contribution in [2.24, 2.45) is 0 Å². The van der Waals surface area contributed by atoms with E-state index in [-0.39, 0.29) is 11.9 Å². The van der Waals surface area contributed by atoms with Gasteiger partial charge in [0.15, 0.2) is 0 Å². The number of piperidine rings is 1. The molecule has 2 heterocycles. The van der Waals surface area contributed by atoms with Gasteiger partial charge in [-0.3, -0.25) is 4.79 Å². The highest BCUT2D eigenvalue weighted by atomic mass is 16.2. The van der Waals surface area contributed by atoms with Crippen molar-refractivity contribution in [3.8, 4) is 5.69 Å². The van der Waals surface area contributed by atoms with Gasteiger partial charge < -0.3 is 4.90 Å². The molecule has 0 bridgehead atoms. The van der Waals surface area contributed by atoms with Crippen LogP contribution < -0.4 is 0 Å². The number of para-hydroxylation sites is 1. The minimum atomic E-state index is -0.0505. The number of hydrogen-bond donors (Lipinski definition) is 0. The van der Waals surface area contributed by atoms with Gasteiger partial charge in [0.2, 0.25) is 5.82 Å². The lowest BCUT2D eigenvalue weighted by Crippen LogP contribution is -2.42. The lowest BCUT2D eigenvalue weighted by atomic mass is 10.0. The highest BCUT2D eigenvalue weighted by Gasteiger charge is 2.28. The van der Waals surface area contributed by atoms with Crippen molar-refractivity contribution in [3.05, 3.63) is 77.4 Å². The van der Waals surface area contributed by atoms with Gasteiger partial charge in [-0.05, 0) is 56.7 Å². The van der Waals surface area contributed by atoms with Crippen LogP contribution >= 0.6 is 0 Å². The molecule has 4 rings (SSSR count). The van der Waals surface area contributed by atoms with Crippen molar-refractivity contribution in [2.75, 3.05) is 6.54 Å². The van der Waals surface area contributed by atoms with E-state index in [0.29, 0.717) is 5.82 Å². The second-order valence-corrected chi connectivity index (χ2v) is 7.88. The second kappa shape index (κ2) is 8.60. The number of carbonyl (C=O) groups is 1. The number of carbonyl (C=O) groups excluding carboxylic acids is 1. The fourth-order valence-corrected chi connectivity index (χ4v) is 4.02. The first kappa shape index (κ1) is 19.4. The SMILES string of the molecule is Cc1ccccc1-n1nc(C(=O)N2CCCC[C@H]2C)nc1CCc1ccccc1. The van der Waals surface area contributed by atoms with Crippen molar-refractivity contribution < 1.29 is 4.79 Å². The van der Waals surface area contributed by atoms with Gasteiger partial charge in [0.25, 0.3) is 5.91 Å². The first-order chi connectivity index (χ1) is 14.1. The van der Waals surface area contributed by atoms with Gasteiger partial charge in [0, 0.05) is 19.0 Å². The average Bonchev–Trinajstić information content (AvgIpc) is 3.17. The summed E-state index contributed by atoms with van der Waals surface area (Å²) in [4.78, 5) is 19.8. The molecule has 0 saturated carbocycles. The van der Waals surface area contributed by atoms with E-state index in [9.17, 15) is 4.79 Å². The quantitative estimate of drug-likeness (QED) is 0.652. The summed E-state index contributed by atoms with van der Waals surface area (Å²) in [6.45, 7) is 4.97. The van der Waals surface area contributed by atoms with E-state index in [1.165, 1.54) is 12.0 Å². The zero-order valence-corrected chi connectivity index (χ0v) is 17.2. The second-order valence-electron chi connectivity index (χ2n) is 7.88. The summed E-state index contributed by atoms with van der Waals surface area (Å²) in [5.41, 5.74) is 3.35. The normalized spacial score (nSPS) is 16.8. The maximum atomic E-state index is 13.2. The predicted octanol–water partition coefficient (Wildman–Crippen LogP) is 4.38. The first-order valence-electron chi connectivity index (χ1n) is 10.5. The molecule has 1 aromatic heterocycles. The molecule has 29 heavy (non-hydrogen) atoms. The van der Waals surface area contributed by atoms with Crippen LogP contribution in [0.3, 0.4) is 0 Å². The van der Waals surface area contributed by atoms with E-state index in [0.717, 1.165) is 49.3 Å². The lowest BCUT2D eigenvalue weighted by Gasteiger charge is -2.32. The molecule has 1 amide bonds. The zero-order chi connectivity index (χ0) is 20.2. The van der Waals surface area contributed by atoms with Crippen LogP contribution in [-0.2, 0) is 12.8 Å². The van der Waals surface area contributed by atoms with Crippen LogP contribution in [0.5, 0.6) is 0 Å². The molecule has 5 heteroatoms. The van der Waals surface area contributed by atoms with E-state index in [1.54, 1.807) is 0 Å². The minimum Gasteiger partial charge on any atom is -0.333 e. The summed E-state index contributed by atoms with van der Waals surface area (Å²) >= 11 is 0. The molecule has 1 fully saturated rings. The average molecular weight is 389 g/mol. The Balaban J connectivity index is 1.66. The Hall–Kier alpha value is -2.95. The van der Waals surface area contributed by atoms with Gasteiger partial charge >= 0.3 is 0 Å². The molecule has 3 aromatic rings. The Bertz CT molecular complexity index is 980. The summed E-state index contributed by atoms with van der Waals surface area (Å²) in [7, 11) is 0. The molecule has 0 unspecified atom stereocenters. The molecular weight excluding hydrogens is 360 g/mol. The molecule has 1 aliphatic rings. The van der Waals surface area contributed by atoms with E-state index >= 15 is 0 Å². The summed E-state index contributed by atoms with van der Waals surface area (Å²) in [6.07, 6.45) is 4.87. The number of likely N-dealkylation sites (tertiary alicyclic amines) is 1. The Morgan fingerprint density at radius 1 is 1.03 bits per heavy atom. The lowest BCUT2D eigenvalue weighted by molar-refractivity contribution is 0.0623. The maximum Gasteiger partial charge on any atom is 0.293 e. The van der Waals surface area contributed by atoms with Gasteiger partial charge in [-0.2, -0.15) is 0 Å². The van der Waals surface area contributed by atoms with E-state index in [1.807, 2.05) is 46.0 Å². The molecule has 150 valence electrons. The molecule has 1 aliphatic heterocycles. The summed E-state index contributed by atoms with van der Waals surface area (Å²) in [6, 6.07) is 18.7. The smallest absolute Gasteiger partial charge is 0.293 e. The molecular formula is C24H28N4O. The summed E-state index contributed by atoms with van der Waals surface area (Å²) < 4.78 is 1.86. The van der Waals surface area contributed by atoms with Crippen molar-refractivity contribution in [1.82, 2.24) is 19.7 Å². The zero-order valence-electron chi connectivity index (χ0n) is 17.2. The predicted molar refractivity (Wildman–Crippen MR) is 114 cm³/mol. The fourth-order valence-electron chi connectivity index (χ4n) is 4.02. The molecule has 0 aliphatic carbocycles. The van der Waals surface area contributed by atoms with Gasteiger partial charge in [-0.25, -0.2) is 9.67 Å². The fraction of sp³-hybridized carbons (Fsp3) is 0.375. The van der Waals surface area contributed by atoms with Crippen LogP contribution in [0.4, 0.5) is 0 Å². The van der Waals surface area contributed by atoms with Crippen LogP contribution in [0.25, 0.3) is 5.69 Å². The minimum absolute atomic E-state index is 0.0505. The van der Waals surface area contributed by atoms with Gasteiger partial charge in [-0.1, -0.05) is 48.5 Å². The Morgan fingerprint density at radius 3 is 2.55 bits per heavy atom. The summed E-state index contributed by atoms with van der Waals surface area (Å²) in [5, 5.41) is 4.68. The van der Waals surface area contributed by atoms with Crippen LogP contribution in [0.1, 0.15) is 53.8 Å². The number of benzene rings is 2. The van der Waals surface area contributed by atoms with Gasteiger partial charge in [0.1, 0.15) is 5.82 Å². The molecule has 2 aromatic carbocycles. The molecule has 1 saturated heterocycles. The number of aromatic nitrogens is 3. The van der Waals surface area contributed by atoms with Crippen LogP contribution in [0, 0.1) is 6.92 Å². The van der Waals surface area contributed by atoms with Gasteiger partial charge in [0.05, 0.1) is 5.69 Å². The first-order valence-corrected chi connectivity index (χ1v) is 10.5. The van der Waals surface area contributed by atoms with Crippen molar-refractivity contribution in [2.45, 2.75) is 52.0 Å². The third kappa shape index (κ3) is 4.24. The Kier molecular flexibility index (Phi) is 5.74. The standard InChI is InChI=1S/C24H28N4O/c1-18-10-6-7-14-21(18)28-22(16-15-20-12-4-3-5-13-20)25-23(26-28)24(29)27-17-9-8-11-19(27)2/h3-7,10,12-14,19H,8-9,11,15-17H2,1-2H3/t19-/m1/s1. The van der Waals surface area contributed by atoms with Crippen molar-refractivity contribution in [1.29, 1.82) is 0 Å². The number of nitrogens with zero attached hydrogens (tertiary/aromatic N) is 4. The molecule has 1 atom stereocenters. The molecule has 5 nitrogen and oxygen atoms in total. The largest absolute Gasteiger partial charge is 0.333 e. The van der Waals surface area contributed by atoms with Gasteiger partial charge in [-0.15, -0.1) is 5.10 Å². The van der Waals surface area contributed by atoms with Crippen LogP contribution in [-0.4, -0.2) is 38.2 Å². The van der Waals surface area contributed by atoms with Crippen molar-refractivity contribution in [3.63, 3.8) is 0 Å². The van der Waals surface area contributed by atoms with Crippen molar-refractivity contribution >= 4 is 5.91 Å². The number of hydrogen-bond acceptors (Lipinski definition) is 3.